The number of rotatable bonds is 4. The molecule has 0 aromatic carbocycles. The van der Waals surface area contributed by atoms with Gasteiger partial charge in [-0.05, 0) is 27.9 Å². The van der Waals surface area contributed by atoms with Gasteiger partial charge in [-0.3, -0.25) is 4.90 Å². The van der Waals surface area contributed by atoms with E-state index in [1.807, 2.05) is 25.9 Å². The second kappa shape index (κ2) is 6.00. The maximum absolute atomic E-state index is 11.3. The largest absolute Gasteiger partial charge is 0.443 e. The van der Waals surface area contributed by atoms with Gasteiger partial charge >= 0.3 is 5.97 Å². The Labute approximate surface area is 84.3 Å². The third-order valence-corrected chi connectivity index (χ3v) is 1.86. The Balaban J connectivity index is 4.08. The smallest absolute Gasteiger partial charge is 0.334 e. The second-order valence-corrected chi connectivity index (χ2v) is 3.32. The van der Waals surface area contributed by atoms with Crippen LogP contribution >= 0.6 is 11.6 Å². The molecule has 0 aliphatic heterocycles. The van der Waals surface area contributed by atoms with E-state index in [-0.39, 0.29) is 12.2 Å². The molecule has 1 unspecified atom stereocenters. The lowest BCUT2D eigenvalue weighted by molar-refractivity contribution is -0.150. The molecule has 13 heavy (non-hydrogen) atoms. The van der Waals surface area contributed by atoms with Gasteiger partial charge in [0, 0.05) is 11.5 Å². The van der Waals surface area contributed by atoms with Crippen molar-refractivity contribution in [2.24, 2.45) is 0 Å². The van der Waals surface area contributed by atoms with Gasteiger partial charge in [0.15, 0.2) is 6.23 Å². The van der Waals surface area contributed by atoms with Crippen molar-refractivity contribution in [3.8, 4) is 0 Å². The van der Waals surface area contributed by atoms with Crippen molar-refractivity contribution in [1.29, 1.82) is 0 Å². The molecule has 3 nitrogen and oxygen atoms in total. The topological polar surface area (TPSA) is 29.5 Å². The first-order chi connectivity index (χ1) is 5.99. The fraction of sp³-hybridized carbons (Fsp3) is 0.667. The third-order valence-electron chi connectivity index (χ3n) is 1.71. The van der Waals surface area contributed by atoms with Gasteiger partial charge in [0.25, 0.3) is 0 Å². The molecule has 0 heterocycles. The van der Waals surface area contributed by atoms with Crippen LogP contribution in [0.2, 0.25) is 0 Å². The third kappa shape index (κ3) is 4.90. The van der Waals surface area contributed by atoms with Crippen molar-refractivity contribution >= 4 is 17.6 Å². The first-order valence-electron chi connectivity index (χ1n) is 4.09. The number of allylic oxidation sites excluding steroid dienone is 1. The van der Waals surface area contributed by atoms with E-state index in [2.05, 4.69) is 0 Å². The van der Waals surface area contributed by atoms with Crippen molar-refractivity contribution in [2.75, 3.05) is 20.0 Å². The Morgan fingerprint density at radius 3 is 2.54 bits per heavy atom. The molecule has 0 spiro atoms. The standard InChI is InChI=1S/C9H16ClNO2/c1-7(5-6-10)9(12)13-8(2)11(3)4/h5,8H,6H2,1-4H3/b7-5+. The molecule has 0 fully saturated rings. The van der Waals surface area contributed by atoms with Crippen LogP contribution in [0.5, 0.6) is 0 Å². The van der Waals surface area contributed by atoms with Crippen molar-refractivity contribution < 1.29 is 9.53 Å². The van der Waals surface area contributed by atoms with E-state index >= 15 is 0 Å². The lowest BCUT2D eigenvalue weighted by Gasteiger charge is -2.19. The van der Waals surface area contributed by atoms with Crippen LogP contribution in [0.25, 0.3) is 0 Å². The van der Waals surface area contributed by atoms with E-state index in [0.29, 0.717) is 11.5 Å². The summed E-state index contributed by atoms with van der Waals surface area (Å²) in [7, 11) is 3.69. The van der Waals surface area contributed by atoms with Crippen LogP contribution in [-0.2, 0) is 9.53 Å². The van der Waals surface area contributed by atoms with E-state index < -0.39 is 0 Å². The zero-order chi connectivity index (χ0) is 10.4. The highest BCUT2D eigenvalue weighted by Gasteiger charge is 2.11. The lowest BCUT2D eigenvalue weighted by atomic mass is 10.3. The minimum atomic E-state index is -0.318. The molecule has 0 aromatic rings. The molecule has 0 saturated carbocycles. The normalized spacial score (nSPS) is 14.5. The van der Waals surface area contributed by atoms with E-state index in [1.165, 1.54) is 0 Å². The Bertz CT molecular complexity index is 202. The van der Waals surface area contributed by atoms with E-state index in [4.69, 9.17) is 16.3 Å². The number of esters is 1. The maximum atomic E-state index is 11.3. The summed E-state index contributed by atoms with van der Waals surface area (Å²) in [5.74, 6) is 0.0129. The number of hydrogen-bond acceptors (Lipinski definition) is 3. The van der Waals surface area contributed by atoms with Gasteiger partial charge in [-0.25, -0.2) is 4.79 Å². The van der Waals surface area contributed by atoms with Crippen LogP contribution in [0.4, 0.5) is 0 Å². The fourth-order valence-electron chi connectivity index (χ4n) is 0.552. The lowest BCUT2D eigenvalue weighted by Crippen LogP contribution is -2.30. The zero-order valence-corrected chi connectivity index (χ0v) is 9.26. The second-order valence-electron chi connectivity index (χ2n) is 3.01. The minimum absolute atomic E-state index is 0.217. The van der Waals surface area contributed by atoms with Crippen molar-refractivity contribution in [3.63, 3.8) is 0 Å². The molecule has 0 saturated heterocycles. The van der Waals surface area contributed by atoms with Gasteiger partial charge in [0.05, 0.1) is 0 Å². The van der Waals surface area contributed by atoms with Crippen molar-refractivity contribution in [2.45, 2.75) is 20.1 Å². The number of halogens is 1. The van der Waals surface area contributed by atoms with Crippen LogP contribution in [-0.4, -0.2) is 37.1 Å². The van der Waals surface area contributed by atoms with Crippen LogP contribution < -0.4 is 0 Å². The van der Waals surface area contributed by atoms with E-state index in [1.54, 1.807) is 13.0 Å². The first kappa shape index (κ1) is 12.5. The van der Waals surface area contributed by atoms with Gasteiger partial charge < -0.3 is 4.74 Å². The summed E-state index contributed by atoms with van der Waals surface area (Å²) in [4.78, 5) is 13.1. The molecule has 0 bridgehead atoms. The number of carbonyl (C=O) groups excluding carboxylic acids is 1. The van der Waals surface area contributed by atoms with Gasteiger partial charge in [0.1, 0.15) is 0 Å². The summed E-state index contributed by atoms with van der Waals surface area (Å²) >= 11 is 5.44. The molecule has 0 aromatic heterocycles. The molecular weight excluding hydrogens is 190 g/mol. The molecule has 0 aliphatic carbocycles. The predicted molar refractivity (Wildman–Crippen MR) is 53.7 cm³/mol. The molecule has 76 valence electrons. The van der Waals surface area contributed by atoms with Crippen molar-refractivity contribution in [3.05, 3.63) is 11.6 Å². The van der Waals surface area contributed by atoms with Crippen LogP contribution in [0.1, 0.15) is 13.8 Å². The minimum Gasteiger partial charge on any atom is -0.443 e. The van der Waals surface area contributed by atoms with Crippen LogP contribution in [0, 0.1) is 0 Å². The Morgan fingerprint density at radius 2 is 2.15 bits per heavy atom. The van der Waals surface area contributed by atoms with E-state index in [9.17, 15) is 4.79 Å². The fourth-order valence-corrected chi connectivity index (χ4v) is 0.784. The number of hydrogen-bond donors (Lipinski definition) is 0. The summed E-state index contributed by atoms with van der Waals surface area (Å²) in [6.45, 7) is 3.50. The Hall–Kier alpha value is -0.540. The Kier molecular flexibility index (Phi) is 5.75. The number of nitrogens with zero attached hydrogens (tertiary/aromatic N) is 1. The quantitative estimate of drug-likeness (QED) is 0.302. The highest BCUT2D eigenvalue weighted by molar-refractivity contribution is 6.19. The number of alkyl halides is 1. The summed E-state index contributed by atoms with van der Waals surface area (Å²) in [5.41, 5.74) is 0.545. The van der Waals surface area contributed by atoms with Gasteiger partial charge in [-0.2, -0.15) is 0 Å². The highest BCUT2D eigenvalue weighted by Crippen LogP contribution is 2.02. The van der Waals surface area contributed by atoms with Crippen LogP contribution in [0.15, 0.2) is 11.6 Å². The predicted octanol–water partition coefficient (Wildman–Crippen LogP) is 1.62. The molecule has 0 rings (SSSR count). The summed E-state index contributed by atoms with van der Waals surface area (Å²) in [6.07, 6.45) is 1.41. The molecule has 0 radical (unpaired) electrons. The SMILES string of the molecule is C/C(=C\CCl)C(=O)OC(C)N(C)C. The molecule has 0 aliphatic rings. The monoisotopic (exact) mass is 205 g/mol. The van der Waals surface area contributed by atoms with Gasteiger partial charge in [0.2, 0.25) is 0 Å². The molecule has 0 amide bonds. The number of carbonyl (C=O) groups is 1. The molecular formula is C9H16ClNO2. The summed E-state index contributed by atoms with van der Waals surface area (Å²) in [5, 5.41) is 0. The van der Waals surface area contributed by atoms with Crippen molar-refractivity contribution in [1.82, 2.24) is 4.90 Å². The molecule has 0 N–H and O–H groups in total. The van der Waals surface area contributed by atoms with Gasteiger partial charge in [-0.1, -0.05) is 6.08 Å². The average Bonchev–Trinajstić information content (AvgIpc) is 2.04. The zero-order valence-electron chi connectivity index (χ0n) is 8.50. The summed E-state index contributed by atoms with van der Waals surface area (Å²) in [6, 6.07) is 0. The first-order valence-corrected chi connectivity index (χ1v) is 4.62. The van der Waals surface area contributed by atoms with Crippen LogP contribution in [0.3, 0.4) is 0 Å². The maximum Gasteiger partial charge on any atom is 0.334 e. The average molecular weight is 206 g/mol. The molecule has 4 heteroatoms. The highest BCUT2D eigenvalue weighted by atomic mass is 35.5. The van der Waals surface area contributed by atoms with Gasteiger partial charge in [-0.15, -0.1) is 11.6 Å². The number of ether oxygens (including phenoxy) is 1. The summed E-state index contributed by atoms with van der Waals surface area (Å²) < 4.78 is 5.09. The van der Waals surface area contributed by atoms with E-state index in [0.717, 1.165) is 0 Å². The Morgan fingerprint density at radius 1 is 1.62 bits per heavy atom. The molecule has 1 atom stereocenters.